The van der Waals surface area contributed by atoms with Gasteiger partial charge < -0.3 is 0 Å². The molecular weight excluding hydrogens is 148 g/mol. The van der Waals surface area contributed by atoms with Crippen molar-refractivity contribution in [3.05, 3.63) is 36.2 Å². The molecule has 2 heteroatoms. The zero-order chi connectivity index (χ0) is 8.39. The first-order valence-corrected chi connectivity index (χ1v) is 4.23. The van der Waals surface area contributed by atoms with Gasteiger partial charge in [0.15, 0.2) is 13.1 Å². The molecule has 1 aromatic carbocycles. The average molecular weight is 161 g/mol. The van der Waals surface area contributed by atoms with E-state index in [4.69, 9.17) is 0 Å². The highest BCUT2D eigenvalue weighted by molar-refractivity contribution is 5.46. The van der Waals surface area contributed by atoms with Gasteiger partial charge in [-0.25, -0.2) is 0 Å². The van der Waals surface area contributed by atoms with Crippen molar-refractivity contribution in [1.29, 1.82) is 0 Å². The number of para-hydroxylation sites is 1. The zero-order valence-corrected chi connectivity index (χ0v) is 7.25. The highest BCUT2D eigenvalue weighted by Crippen LogP contribution is 2.17. The Labute approximate surface area is 73.2 Å². The van der Waals surface area contributed by atoms with Crippen LogP contribution < -0.4 is 10.4 Å². The number of hydrogen-bond acceptors (Lipinski definition) is 2. The lowest BCUT2D eigenvalue weighted by Gasteiger charge is -2.12. The normalized spacial score (nSPS) is 17.1. The maximum Gasteiger partial charge on any atom is 0.177 e. The summed E-state index contributed by atoms with van der Waals surface area (Å²) in [6, 6.07) is 10.4. The van der Waals surface area contributed by atoms with Crippen molar-refractivity contribution in [2.45, 2.75) is 6.92 Å². The molecule has 1 aliphatic rings. The van der Waals surface area contributed by atoms with E-state index in [0.29, 0.717) is 0 Å². The molecule has 0 bridgehead atoms. The Kier molecular flexibility index (Phi) is 1.92. The van der Waals surface area contributed by atoms with Crippen LogP contribution in [0.4, 0.5) is 5.69 Å². The summed E-state index contributed by atoms with van der Waals surface area (Å²) in [5.41, 5.74) is 4.56. The Balaban J connectivity index is 2.11. The summed E-state index contributed by atoms with van der Waals surface area (Å²) in [5, 5.41) is 2.18. The summed E-state index contributed by atoms with van der Waals surface area (Å²) < 4.78 is 0. The van der Waals surface area contributed by atoms with Gasteiger partial charge in [0.05, 0.1) is 12.6 Å². The van der Waals surface area contributed by atoms with Crippen molar-refractivity contribution in [3.63, 3.8) is 0 Å². The topological polar surface area (TPSA) is 15.3 Å². The second-order valence-corrected chi connectivity index (χ2v) is 3.21. The Morgan fingerprint density at radius 1 is 1.33 bits per heavy atom. The molecule has 1 heterocycles. The number of hydrogen-bond donors (Lipinski definition) is 1. The molecule has 2 rings (SSSR count). The van der Waals surface area contributed by atoms with E-state index in [1.54, 1.807) is 0 Å². The van der Waals surface area contributed by atoms with Crippen molar-refractivity contribution >= 4 is 5.69 Å². The minimum absolute atomic E-state index is 1.01. The fourth-order valence-corrected chi connectivity index (χ4v) is 1.40. The van der Waals surface area contributed by atoms with Crippen LogP contribution in [0.2, 0.25) is 0 Å². The number of nitrogens with one attached hydrogen (secondary N) is 1. The van der Waals surface area contributed by atoms with Crippen molar-refractivity contribution < 1.29 is 0 Å². The Hall–Kier alpha value is -1.15. The van der Waals surface area contributed by atoms with Crippen LogP contribution in [0.3, 0.4) is 0 Å². The largest absolute Gasteiger partial charge is 0.263 e. The molecule has 1 fully saturated rings. The van der Waals surface area contributed by atoms with Crippen molar-refractivity contribution in [2.75, 3.05) is 18.1 Å². The van der Waals surface area contributed by atoms with Crippen molar-refractivity contribution in [3.8, 4) is 0 Å². The van der Waals surface area contributed by atoms with Crippen LogP contribution in [0.5, 0.6) is 0 Å². The van der Waals surface area contributed by atoms with Crippen LogP contribution >= 0.6 is 0 Å². The van der Waals surface area contributed by atoms with Gasteiger partial charge in [0.2, 0.25) is 0 Å². The standard InChI is InChI=1S/C10H13N2/c1-9-7-11-12(8-9)10-5-3-2-4-6-10/h2-6,11H,7-8H2,1H3/q+1. The summed E-state index contributed by atoms with van der Waals surface area (Å²) in [7, 11) is 0. The molecule has 0 aliphatic carbocycles. The Morgan fingerprint density at radius 3 is 2.67 bits per heavy atom. The van der Waals surface area contributed by atoms with Gasteiger partial charge in [-0.1, -0.05) is 18.2 Å². The third-order valence-corrected chi connectivity index (χ3v) is 2.07. The molecule has 12 heavy (non-hydrogen) atoms. The van der Waals surface area contributed by atoms with Gasteiger partial charge in [0, 0.05) is 0 Å². The third-order valence-electron chi connectivity index (χ3n) is 2.07. The SMILES string of the molecule is C[C+]1CNN(c2ccccc2)C1. The highest BCUT2D eigenvalue weighted by Gasteiger charge is 2.26. The molecule has 2 nitrogen and oxygen atoms in total. The molecule has 1 saturated heterocycles. The highest BCUT2D eigenvalue weighted by atomic mass is 15.5. The second kappa shape index (κ2) is 3.07. The molecule has 0 unspecified atom stereocenters. The van der Waals surface area contributed by atoms with E-state index in [1.807, 2.05) is 6.07 Å². The third kappa shape index (κ3) is 1.38. The summed E-state index contributed by atoms with van der Waals surface area (Å²) in [6.07, 6.45) is 0. The molecule has 1 N–H and O–H groups in total. The molecule has 0 atom stereocenters. The molecule has 0 amide bonds. The van der Waals surface area contributed by atoms with Crippen LogP contribution in [-0.4, -0.2) is 13.1 Å². The lowest BCUT2D eigenvalue weighted by Crippen LogP contribution is -2.30. The first-order chi connectivity index (χ1) is 5.86. The molecule has 1 aromatic rings. The van der Waals surface area contributed by atoms with Crippen molar-refractivity contribution in [2.24, 2.45) is 0 Å². The minimum Gasteiger partial charge on any atom is -0.263 e. The quantitative estimate of drug-likeness (QED) is 0.629. The van der Waals surface area contributed by atoms with E-state index >= 15 is 0 Å². The predicted octanol–water partition coefficient (Wildman–Crippen LogP) is 1.61. The number of benzene rings is 1. The Morgan fingerprint density at radius 2 is 2.08 bits per heavy atom. The first-order valence-electron chi connectivity index (χ1n) is 4.23. The smallest absolute Gasteiger partial charge is 0.177 e. The van der Waals surface area contributed by atoms with Gasteiger partial charge in [0.1, 0.15) is 5.92 Å². The summed E-state index contributed by atoms with van der Waals surface area (Å²) in [4.78, 5) is 0. The van der Waals surface area contributed by atoms with E-state index in [-0.39, 0.29) is 0 Å². The molecular formula is C10H13N2+. The second-order valence-electron chi connectivity index (χ2n) is 3.21. The summed E-state index contributed by atoms with van der Waals surface area (Å²) in [6.45, 7) is 4.22. The average Bonchev–Trinajstić information content (AvgIpc) is 2.54. The lowest BCUT2D eigenvalue weighted by atomic mass is 10.2. The minimum atomic E-state index is 1.01. The van der Waals surface area contributed by atoms with E-state index in [9.17, 15) is 0 Å². The van der Waals surface area contributed by atoms with Gasteiger partial charge >= 0.3 is 0 Å². The van der Waals surface area contributed by atoms with Gasteiger partial charge in [-0.3, -0.25) is 5.01 Å². The number of nitrogens with zero attached hydrogens (tertiary/aromatic N) is 1. The van der Waals surface area contributed by atoms with Gasteiger partial charge in [-0.15, -0.1) is 0 Å². The zero-order valence-electron chi connectivity index (χ0n) is 7.25. The summed E-state index contributed by atoms with van der Waals surface area (Å²) in [5.74, 6) is 1.49. The van der Waals surface area contributed by atoms with Crippen LogP contribution in [0.15, 0.2) is 30.3 Å². The van der Waals surface area contributed by atoms with Gasteiger partial charge in [-0.05, 0) is 12.1 Å². The molecule has 0 saturated carbocycles. The fourth-order valence-electron chi connectivity index (χ4n) is 1.40. The van der Waals surface area contributed by atoms with E-state index < -0.39 is 0 Å². The monoisotopic (exact) mass is 161 g/mol. The first kappa shape index (κ1) is 7.50. The predicted molar refractivity (Wildman–Crippen MR) is 50.7 cm³/mol. The van der Waals surface area contributed by atoms with E-state index in [2.05, 4.69) is 41.6 Å². The summed E-state index contributed by atoms with van der Waals surface area (Å²) >= 11 is 0. The van der Waals surface area contributed by atoms with E-state index in [0.717, 1.165) is 13.1 Å². The van der Waals surface area contributed by atoms with Gasteiger partial charge in [0.25, 0.3) is 0 Å². The number of anilines is 1. The van der Waals surface area contributed by atoms with Gasteiger partial charge in [-0.2, -0.15) is 5.43 Å². The molecule has 62 valence electrons. The molecule has 1 aliphatic heterocycles. The number of rotatable bonds is 1. The maximum atomic E-state index is 3.32. The van der Waals surface area contributed by atoms with Crippen LogP contribution in [0.25, 0.3) is 0 Å². The van der Waals surface area contributed by atoms with E-state index in [1.165, 1.54) is 11.6 Å². The number of hydrazine groups is 1. The van der Waals surface area contributed by atoms with Crippen LogP contribution in [0.1, 0.15) is 6.92 Å². The Bertz CT molecular complexity index is 245. The molecule has 0 aromatic heterocycles. The molecule has 0 spiro atoms. The lowest BCUT2D eigenvalue weighted by molar-refractivity contribution is 0.788. The fraction of sp³-hybridized carbons (Fsp3) is 0.300. The van der Waals surface area contributed by atoms with Crippen molar-refractivity contribution in [1.82, 2.24) is 5.43 Å². The maximum absolute atomic E-state index is 3.32. The van der Waals surface area contributed by atoms with Crippen LogP contribution in [-0.2, 0) is 0 Å². The van der Waals surface area contributed by atoms with Crippen LogP contribution in [0, 0.1) is 5.92 Å². The molecule has 0 radical (unpaired) electrons.